The monoisotopic (exact) mass is 236 g/mol. The summed E-state index contributed by atoms with van der Waals surface area (Å²) in [5, 5.41) is 0. The number of carbonyl (C=O) groups excluding carboxylic acids is 1. The molecule has 0 saturated heterocycles. The van der Waals surface area contributed by atoms with Crippen LogP contribution in [0.1, 0.15) is 19.4 Å². The molecular weight excluding hydrogens is 215 g/mol. The van der Waals surface area contributed by atoms with E-state index in [1.54, 1.807) is 14.2 Å². The number of ether oxygens (including phenoxy) is 2. The molecule has 1 aromatic carbocycles. The van der Waals surface area contributed by atoms with E-state index in [-0.39, 0.29) is 6.32 Å². The highest BCUT2D eigenvalue weighted by Gasteiger charge is 1.98. The van der Waals surface area contributed by atoms with Gasteiger partial charge in [-0.2, -0.15) is 0 Å². The quantitative estimate of drug-likeness (QED) is 0.598. The average Bonchev–Trinajstić information content (AvgIpc) is 2.42. The minimum atomic E-state index is 0.139. The van der Waals surface area contributed by atoms with Crippen LogP contribution >= 0.6 is 0 Å². The summed E-state index contributed by atoms with van der Waals surface area (Å²) in [6.45, 7) is 6.00. The van der Waals surface area contributed by atoms with Crippen LogP contribution in [0.15, 0.2) is 18.2 Å². The zero-order chi connectivity index (χ0) is 13.7. The fourth-order valence-corrected chi connectivity index (χ4v) is 0.927. The number of hydrogen-bond donors (Lipinski definition) is 0. The van der Waals surface area contributed by atoms with Gasteiger partial charge in [-0.3, -0.25) is 0 Å². The number of methoxy groups -OCH3 is 2. The van der Waals surface area contributed by atoms with E-state index in [2.05, 4.69) is 7.85 Å². The van der Waals surface area contributed by atoms with Crippen molar-refractivity contribution in [2.24, 2.45) is 0 Å². The summed E-state index contributed by atoms with van der Waals surface area (Å²) in [5.41, 5.74) is 1.12. The Morgan fingerprint density at radius 3 is 2.12 bits per heavy atom. The van der Waals surface area contributed by atoms with E-state index in [1.807, 2.05) is 39.0 Å². The molecule has 3 nitrogen and oxygen atoms in total. The molecule has 0 atom stereocenters. The van der Waals surface area contributed by atoms with Crippen molar-refractivity contribution >= 4 is 14.1 Å². The number of carbonyl (C=O) groups is 1. The summed E-state index contributed by atoms with van der Waals surface area (Å²) in [5.74, 6) is 1.69. The first-order chi connectivity index (χ1) is 8.19. The van der Waals surface area contributed by atoms with Crippen molar-refractivity contribution in [2.75, 3.05) is 14.2 Å². The lowest BCUT2D eigenvalue weighted by atomic mass is 10.1. The molecule has 0 spiro atoms. The van der Waals surface area contributed by atoms with Gasteiger partial charge in [-0.25, -0.2) is 0 Å². The molecule has 0 bridgehead atoms. The third kappa shape index (κ3) is 8.37. The smallest absolute Gasteiger partial charge is 0.125 e. The van der Waals surface area contributed by atoms with Gasteiger partial charge in [-0.1, -0.05) is 19.9 Å². The normalized spacial score (nSPS) is 7.82. The Kier molecular flexibility index (Phi) is 13.3. The van der Waals surface area contributed by atoms with E-state index in [9.17, 15) is 0 Å². The van der Waals surface area contributed by atoms with E-state index in [0.717, 1.165) is 17.1 Å². The van der Waals surface area contributed by atoms with Gasteiger partial charge in [0.2, 0.25) is 0 Å². The van der Waals surface area contributed by atoms with Crippen LogP contribution in [0.5, 0.6) is 11.5 Å². The molecule has 0 fully saturated rings. The van der Waals surface area contributed by atoms with Crippen molar-refractivity contribution < 1.29 is 14.3 Å². The summed E-state index contributed by atoms with van der Waals surface area (Å²) in [6.07, 6.45) is 0.792. The van der Waals surface area contributed by atoms with Crippen molar-refractivity contribution in [1.82, 2.24) is 0 Å². The zero-order valence-corrected chi connectivity index (χ0v) is 11.3. The Morgan fingerprint density at radius 2 is 1.76 bits per heavy atom. The maximum absolute atomic E-state index is 9.05. The van der Waals surface area contributed by atoms with Crippen LogP contribution < -0.4 is 9.47 Å². The topological polar surface area (TPSA) is 35.5 Å². The van der Waals surface area contributed by atoms with Crippen LogP contribution in [-0.2, 0) is 4.79 Å². The standard InChI is InChI=1S/C9H12O2.C2H3BO.C2H6/c1-7-4-5-8(10-2)6-9(7)11-3;3-1-2-4;1-2/h4-6H,1-3H3;2H,1H2;1-2H3. The highest BCUT2D eigenvalue weighted by molar-refractivity contribution is 6.15. The molecule has 0 aliphatic carbocycles. The fourth-order valence-electron chi connectivity index (χ4n) is 0.927. The van der Waals surface area contributed by atoms with E-state index in [1.165, 1.54) is 0 Å². The molecule has 1 aromatic rings. The van der Waals surface area contributed by atoms with Gasteiger partial charge in [0.15, 0.2) is 0 Å². The summed E-state index contributed by atoms with van der Waals surface area (Å²) < 4.78 is 10.1. The Hall–Kier alpha value is -1.45. The van der Waals surface area contributed by atoms with Crippen LogP contribution in [0, 0.1) is 6.92 Å². The highest BCUT2D eigenvalue weighted by Crippen LogP contribution is 2.22. The number of aryl methyl sites for hydroxylation is 1. The van der Waals surface area contributed by atoms with E-state index in [4.69, 9.17) is 14.3 Å². The van der Waals surface area contributed by atoms with Crippen molar-refractivity contribution in [3.8, 4) is 11.5 Å². The van der Waals surface area contributed by atoms with Crippen molar-refractivity contribution in [2.45, 2.75) is 27.1 Å². The molecule has 0 aromatic heterocycles. The van der Waals surface area contributed by atoms with Crippen LogP contribution in [-0.4, -0.2) is 28.4 Å². The van der Waals surface area contributed by atoms with Gasteiger partial charge in [-0.05, 0) is 24.9 Å². The van der Waals surface area contributed by atoms with Gasteiger partial charge in [0.05, 0.1) is 22.1 Å². The molecule has 17 heavy (non-hydrogen) atoms. The number of hydrogen-bond acceptors (Lipinski definition) is 3. The maximum Gasteiger partial charge on any atom is 0.125 e. The first kappa shape index (κ1) is 17.9. The van der Waals surface area contributed by atoms with E-state index >= 15 is 0 Å². The molecule has 2 radical (unpaired) electrons. The minimum absolute atomic E-state index is 0.139. The molecule has 0 aliphatic rings. The van der Waals surface area contributed by atoms with Gasteiger partial charge < -0.3 is 14.3 Å². The lowest BCUT2D eigenvalue weighted by Crippen LogP contribution is -1.88. The van der Waals surface area contributed by atoms with Gasteiger partial charge in [0, 0.05) is 6.07 Å². The molecule has 1 rings (SSSR count). The summed E-state index contributed by atoms with van der Waals surface area (Å²) in [6, 6.07) is 5.75. The Bertz CT molecular complexity index is 301. The predicted octanol–water partition coefficient (Wildman–Crippen LogP) is 2.81. The number of benzene rings is 1. The largest absolute Gasteiger partial charge is 0.497 e. The Morgan fingerprint density at radius 1 is 1.24 bits per heavy atom. The SMILES string of the molecule is CC.COc1ccc(C)c(OC)c1.[B]CC=O. The summed E-state index contributed by atoms with van der Waals surface area (Å²) in [7, 11) is 7.96. The van der Waals surface area contributed by atoms with E-state index in [0.29, 0.717) is 6.29 Å². The Labute approximate surface area is 106 Å². The molecule has 0 N–H and O–H groups in total. The van der Waals surface area contributed by atoms with Gasteiger partial charge >= 0.3 is 0 Å². The van der Waals surface area contributed by atoms with Crippen LogP contribution in [0.4, 0.5) is 0 Å². The Balaban J connectivity index is 0. The van der Waals surface area contributed by atoms with Gasteiger partial charge in [0.1, 0.15) is 17.8 Å². The lowest BCUT2D eigenvalue weighted by molar-refractivity contribution is -0.106. The first-order valence-corrected chi connectivity index (χ1v) is 5.51. The second kappa shape index (κ2) is 12.6. The van der Waals surface area contributed by atoms with Gasteiger partial charge in [-0.15, -0.1) is 0 Å². The predicted molar refractivity (Wildman–Crippen MR) is 72.3 cm³/mol. The third-order valence-corrected chi connectivity index (χ3v) is 1.71. The minimum Gasteiger partial charge on any atom is -0.497 e. The average molecular weight is 236 g/mol. The number of rotatable bonds is 3. The molecule has 4 heteroatoms. The fraction of sp³-hybridized carbons (Fsp3) is 0.462. The molecule has 0 heterocycles. The molecule has 0 amide bonds. The summed E-state index contributed by atoms with van der Waals surface area (Å²) >= 11 is 0. The number of aldehydes is 1. The molecule has 0 saturated carbocycles. The molecule has 0 aliphatic heterocycles. The maximum atomic E-state index is 9.05. The molecule has 94 valence electrons. The van der Waals surface area contributed by atoms with Crippen molar-refractivity contribution in [3.05, 3.63) is 23.8 Å². The first-order valence-electron chi connectivity index (χ1n) is 5.51. The van der Waals surface area contributed by atoms with Crippen LogP contribution in [0.3, 0.4) is 0 Å². The van der Waals surface area contributed by atoms with Gasteiger partial charge in [0.25, 0.3) is 0 Å². The second-order valence-electron chi connectivity index (χ2n) is 2.74. The zero-order valence-electron chi connectivity index (χ0n) is 11.3. The van der Waals surface area contributed by atoms with Crippen molar-refractivity contribution in [3.63, 3.8) is 0 Å². The highest BCUT2D eigenvalue weighted by atomic mass is 16.5. The van der Waals surface area contributed by atoms with Crippen LogP contribution in [0.2, 0.25) is 6.32 Å². The molecule has 0 unspecified atom stereocenters. The van der Waals surface area contributed by atoms with Crippen molar-refractivity contribution in [1.29, 1.82) is 0 Å². The molecular formula is C13H21BO3. The lowest BCUT2D eigenvalue weighted by Gasteiger charge is -2.05. The van der Waals surface area contributed by atoms with E-state index < -0.39 is 0 Å². The summed E-state index contributed by atoms with van der Waals surface area (Å²) in [4.78, 5) is 9.05. The third-order valence-electron chi connectivity index (χ3n) is 1.71. The van der Waals surface area contributed by atoms with Crippen LogP contribution in [0.25, 0.3) is 0 Å². The second-order valence-corrected chi connectivity index (χ2v) is 2.74.